The smallest absolute Gasteiger partial charge is 0.328 e. The second kappa shape index (κ2) is 11.8. The minimum atomic E-state index is -4.46. The predicted octanol–water partition coefficient (Wildman–Crippen LogP) is 2.59. The first-order chi connectivity index (χ1) is 17.3. The van der Waals surface area contributed by atoms with E-state index in [1.54, 1.807) is 36.4 Å². The Morgan fingerprint density at radius 1 is 1.14 bits per heavy atom. The van der Waals surface area contributed by atoms with Gasteiger partial charge in [0.2, 0.25) is 0 Å². The topological polar surface area (TPSA) is 116 Å². The normalized spacial score (nSPS) is 17.9. The number of nitrogens with one attached hydrogen (secondary N) is 1. The molecule has 0 aliphatic carbocycles. The number of aryl methyl sites for hydroxylation is 1. The molecule has 37 heavy (non-hydrogen) atoms. The first kappa shape index (κ1) is 29.0. The highest BCUT2D eigenvalue weighted by Gasteiger charge is 2.46. The maximum atomic E-state index is 13.7. The summed E-state index contributed by atoms with van der Waals surface area (Å²) in [5.74, 6) is -1.01. The lowest BCUT2D eigenvalue weighted by atomic mass is 10.1. The van der Waals surface area contributed by atoms with E-state index in [4.69, 9.17) is 4.74 Å². The number of hydrogen-bond donors (Lipinski definition) is 2. The van der Waals surface area contributed by atoms with Gasteiger partial charge < -0.3 is 14.7 Å². The standard InChI is InChI=1S/C26H35N3O6S2/c1-18-6-12-21(13-7-18)37(33,34)29(24(30)23-27-26(2,3)17-36-23)22(25(31)32)16-19-8-10-20(11-9-19)35-15-14-28(4)5/h6-13,22-23,27H,14-17H2,1-5H3,(H,31,32)/t22-,23-/m0/s1. The number of aliphatic carboxylic acids is 1. The maximum Gasteiger partial charge on any atom is 0.328 e. The van der Waals surface area contributed by atoms with E-state index in [0.29, 0.717) is 28.0 Å². The highest BCUT2D eigenvalue weighted by molar-refractivity contribution is 8.01. The van der Waals surface area contributed by atoms with Gasteiger partial charge in [-0.25, -0.2) is 17.5 Å². The summed E-state index contributed by atoms with van der Waals surface area (Å²) in [4.78, 5) is 28.0. The van der Waals surface area contributed by atoms with Crippen LogP contribution in [-0.2, 0) is 26.0 Å². The van der Waals surface area contributed by atoms with E-state index in [0.717, 1.165) is 12.1 Å². The molecule has 9 nitrogen and oxygen atoms in total. The number of hydrogen-bond acceptors (Lipinski definition) is 8. The summed E-state index contributed by atoms with van der Waals surface area (Å²) in [5.41, 5.74) is 1.01. The van der Waals surface area contributed by atoms with Gasteiger partial charge in [0.25, 0.3) is 15.9 Å². The molecular formula is C26H35N3O6S2. The Morgan fingerprint density at radius 2 is 1.76 bits per heavy atom. The maximum absolute atomic E-state index is 13.7. The van der Waals surface area contributed by atoms with Gasteiger partial charge in [-0.3, -0.25) is 10.1 Å². The molecule has 0 spiro atoms. The van der Waals surface area contributed by atoms with Crippen molar-refractivity contribution in [3.63, 3.8) is 0 Å². The predicted molar refractivity (Wildman–Crippen MR) is 144 cm³/mol. The third-order valence-corrected chi connectivity index (χ3v) is 9.24. The average Bonchev–Trinajstić information content (AvgIpc) is 3.19. The summed E-state index contributed by atoms with van der Waals surface area (Å²) < 4.78 is 33.7. The molecule has 3 rings (SSSR count). The quantitative estimate of drug-likeness (QED) is 0.436. The Labute approximate surface area is 223 Å². The molecule has 2 aromatic carbocycles. The minimum Gasteiger partial charge on any atom is -0.492 e. The molecule has 0 bridgehead atoms. The molecule has 0 unspecified atom stereocenters. The van der Waals surface area contributed by atoms with Crippen LogP contribution in [0.25, 0.3) is 0 Å². The Balaban J connectivity index is 1.94. The molecule has 0 saturated carbocycles. The fourth-order valence-corrected chi connectivity index (χ4v) is 6.74. The molecule has 1 aliphatic rings. The van der Waals surface area contributed by atoms with Gasteiger partial charge in [0.1, 0.15) is 23.8 Å². The van der Waals surface area contributed by atoms with Crippen molar-refractivity contribution in [2.75, 3.05) is 33.0 Å². The molecule has 0 radical (unpaired) electrons. The lowest BCUT2D eigenvalue weighted by molar-refractivity contribution is -0.146. The van der Waals surface area contributed by atoms with Crippen LogP contribution in [0.1, 0.15) is 25.0 Å². The monoisotopic (exact) mass is 549 g/mol. The Morgan fingerprint density at radius 3 is 2.27 bits per heavy atom. The van der Waals surface area contributed by atoms with E-state index in [2.05, 4.69) is 5.32 Å². The second-order valence-corrected chi connectivity index (χ2v) is 12.9. The number of likely N-dealkylation sites (N-methyl/N-ethyl adjacent to an activating group) is 1. The van der Waals surface area contributed by atoms with Crippen molar-refractivity contribution in [1.82, 2.24) is 14.5 Å². The SMILES string of the molecule is Cc1ccc(S(=O)(=O)N(C(=O)[C@H]2NC(C)(C)CS2)[C@@H](Cc2ccc(OCCN(C)C)cc2)C(=O)O)cc1. The Hall–Kier alpha value is -2.60. The fourth-order valence-electron chi connectivity index (χ4n) is 3.80. The molecule has 2 aromatic rings. The van der Waals surface area contributed by atoms with Crippen LogP contribution >= 0.6 is 11.8 Å². The first-order valence-electron chi connectivity index (χ1n) is 11.9. The highest BCUT2D eigenvalue weighted by atomic mass is 32.2. The lowest BCUT2D eigenvalue weighted by Gasteiger charge is -2.31. The summed E-state index contributed by atoms with van der Waals surface area (Å²) in [6, 6.07) is 11.2. The van der Waals surface area contributed by atoms with Crippen molar-refractivity contribution >= 4 is 33.7 Å². The number of carboxylic acid groups (broad SMARTS) is 1. The van der Waals surface area contributed by atoms with E-state index in [1.165, 1.54) is 23.9 Å². The van der Waals surface area contributed by atoms with E-state index >= 15 is 0 Å². The van der Waals surface area contributed by atoms with E-state index in [1.807, 2.05) is 39.8 Å². The van der Waals surface area contributed by atoms with Crippen LogP contribution in [0.15, 0.2) is 53.4 Å². The van der Waals surface area contributed by atoms with Crippen LogP contribution in [0.4, 0.5) is 0 Å². The fraction of sp³-hybridized carbons (Fsp3) is 0.462. The van der Waals surface area contributed by atoms with Crippen LogP contribution in [-0.4, -0.2) is 84.6 Å². The molecule has 11 heteroatoms. The molecular weight excluding hydrogens is 514 g/mol. The largest absolute Gasteiger partial charge is 0.492 e. The molecule has 1 amide bonds. The number of thioether (sulfide) groups is 1. The van der Waals surface area contributed by atoms with Gasteiger partial charge in [-0.15, -0.1) is 11.8 Å². The number of sulfonamides is 1. The molecule has 1 heterocycles. The highest BCUT2D eigenvalue weighted by Crippen LogP contribution is 2.31. The van der Waals surface area contributed by atoms with Crippen LogP contribution in [0.3, 0.4) is 0 Å². The summed E-state index contributed by atoms with van der Waals surface area (Å²) in [6.45, 7) is 6.85. The van der Waals surface area contributed by atoms with Crippen LogP contribution in [0.5, 0.6) is 5.75 Å². The van der Waals surface area contributed by atoms with Crippen LogP contribution < -0.4 is 10.1 Å². The number of benzene rings is 2. The number of amides is 1. The van der Waals surface area contributed by atoms with Crippen LogP contribution in [0.2, 0.25) is 0 Å². The number of nitrogens with zero attached hydrogens (tertiary/aromatic N) is 2. The lowest BCUT2D eigenvalue weighted by Crippen LogP contribution is -2.55. The van der Waals surface area contributed by atoms with Crippen molar-refractivity contribution in [2.45, 2.75) is 49.0 Å². The zero-order valence-corrected chi connectivity index (χ0v) is 23.4. The number of carboxylic acids is 1. The summed E-state index contributed by atoms with van der Waals surface area (Å²) in [7, 11) is -0.582. The minimum absolute atomic E-state index is 0.135. The molecule has 1 aliphatic heterocycles. The third-order valence-electron chi connectivity index (χ3n) is 5.88. The van der Waals surface area contributed by atoms with Gasteiger partial charge in [-0.1, -0.05) is 29.8 Å². The van der Waals surface area contributed by atoms with E-state index < -0.39 is 38.9 Å². The van der Waals surface area contributed by atoms with Gasteiger partial charge >= 0.3 is 5.97 Å². The summed E-state index contributed by atoms with van der Waals surface area (Å²) >= 11 is 1.27. The van der Waals surface area contributed by atoms with E-state index in [-0.39, 0.29) is 11.3 Å². The molecule has 2 N–H and O–H groups in total. The van der Waals surface area contributed by atoms with Gasteiger partial charge in [0, 0.05) is 24.3 Å². The Kier molecular flexibility index (Phi) is 9.27. The molecule has 2 atom stereocenters. The number of ether oxygens (including phenoxy) is 1. The first-order valence-corrected chi connectivity index (χ1v) is 14.4. The van der Waals surface area contributed by atoms with Gasteiger partial charge in [-0.05, 0) is 64.7 Å². The summed E-state index contributed by atoms with van der Waals surface area (Å²) in [6.07, 6.45) is -0.190. The zero-order chi connectivity index (χ0) is 27.4. The molecule has 1 fully saturated rings. The second-order valence-electron chi connectivity index (χ2n) is 10.0. The molecule has 1 saturated heterocycles. The zero-order valence-electron chi connectivity index (χ0n) is 21.8. The number of carbonyl (C=O) groups excluding carboxylic acids is 1. The van der Waals surface area contributed by atoms with Crippen molar-refractivity contribution in [3.05, 3.63) is 59.7 Å². The van der Waals surface area contributed by atoms with Crippen molar-refractivity contribution < 1.29 is 27.9 Å². The summed E-state index contributed by atoms with van der Waals surface area (Å²) in [5, 5.41) is 12.4. The van der Waals surface area contributed by atoms with Gasteiger partial charge in [0.15, 0.2) is 0 Å². The van der Waals surface area contributed by atoms with Crippen molar-refractivity contribution in [2.24, 2.45) is 0 Å². The Bertz CT molecular complexity index is 1200. The van der Waals surface area contributed by atoms with Gasteiger partial charge in [0.05, 0.1) is 4.90 Å². The average molecular weight is 550 g/mol. The number of rotatable bonds is 11. The molecule has 202 valence electrons. The van der Waals surface area contributed by atoms with E-state index in [9.17, 15) is 23.1 Å². The van der Waals surface area contributed by atoms with Gasteiger partial charge in [-0.2, -0.15) is 0 Å². The number of carbonyl (C=O) groups is 2. The third kappa shape index (κ3) is 7.47. The van der Waals surface area contributed by atoms with Crippen molar-refractivity contribution in [3.8, 4) is 5.75 Å². The van der Waals surface area contributed by atoms with Crippen LogP contribution in [0, 0.1) is 6.92 Å². The van der Waals surface area contributed by atoms with Crippen molar-refractivity contribution in [1.29, 1.82) is 0 Å². The molecule has 0 aromatic heterocycles.